The van der Waals surface area contributed by atoms with Crippen LogP contribution in [0.2, 0.25) is 0 Å². The second-order valence-electron chi connectivity index (χ2n) is 4.07. The van der Waals surface area contributed by atoms with Crippen LogP contribution in [-0.2, 0) is 11.3 Å². The molecule has 0 radical (unpaired) electrons. The maximum atomic E-state index is 12.1. The Morgan fingerprint density at radius 1 is 1.50 bits per heavy atom. The summed E-state index contributed by atoms with van der Waals surface area (Å²) < 4.78 is 7.22. The van der Waals surface area contributed by atoms with Crippen molar-refractivity contribution in [3.63, 3.8) is 0 Å². The number of ether oxygens (including phenoxy) is 1. The van der Waals surface area contributed by atoms with Crippen LogP contribution in [0.15, 0.2) is 12.4 Å². The summed E-state index contributed by atoms with van der Waals surface area (Å²) in [6.07, 6.45) is 3.02. The molecule has 4 nitrogen and oxygen atoms in total. The predicted molar refractivity (Wildman–Crippen MR) is 62.5 cm³/mol. The van der Waals surface area contributed by atoms with Crippen LogP contribution in [0.25, 0.3) is 0 Å². The van der Waals surface area contributed by atoms with Crippen molar-refractivity contribution in [3.05, 3.63) is 18.0 Å². The molecule has 0 spiro atoms. The third-order valence-corrected chi connectivity index (χ3v) is 2.45. The first-order valence-corrected chi connectivity index (χ1v) is 5.78. The summed E-state index contributed by atoms with van der Waals surface area (Å²) in [4.78, 5) is 12.1. The monoisotopic (exact) mass is 224 g/mol. The topological polar surface area (TPSA) is 44.1 Å². The van der Waals surface area contributed by atoms with E-state index in [4.69, 9.17) is 4.74 Å². The number of aryl methyl sites for hydroxylation is 1. The van der Waals surface area contributed by atoms with Crippen LogP contribution in [0.5, 0.6) is 0 Å². The summed E-state index contributed by atoms with van der Waals surface area (Å²) >= 11 is 0. The molecule has 0 aromatic carbocycles. The SMILES string of the molecule is CCOC(C(=O)c1cnn(CC)c1)C(C)C. The largest absolute Gasteiger partial charge is 0.370 e. The summed E-state index contributed by atoms with van der Waals surface area (Å²) in [6, 6.07) is 0. The first-order chi connectivity index (χ1) is 7.60. The normalized spacial score (nSPS) is 13.1. The first-order valence-electron chi connectivity index (χ1n) is 5.78. The molecule has 90 valence electrons. The Labute approximate surface area is 96.6 Å². The number of ketones is 1. The smallest absolute Gasteiger partial charge is 0.194 e. The van der Waals surface area contributed by atoms with Crippen molar-refractivity contribution in [2.45, 2.75) is 40.3 Å². The van der Waals surface area contributed by atoms with E-state index < -0.39 is 0 Å². The van der Waals surface area contributed by atoms with Gasteiger partial charge in [-0.1, -0.05) is 13.8 Å². The highest BCUT2D eigenvalue weighted by Gasteiger charge is 2.24. The van der Waals surface area contributed by atoms with Crippen molar-refractivity contribution >= 4 is 5.78 Å². The minimum absolute atomic E-state index is 0.0246. The summed E-state index contributed by atoms with van der Waals surface area (Å²) in [5, 5.41) is 4.10. The minimum atomic E-state index is -0.362. The summed E-state index contributed by atoms with van der Waals surface area (Å²) in [5.74, 6) is 0.203. The molecule has 0 saturated carbocycles. The van der Waals surface area contributed by atoms with Gasteiger partial charge in [-0.25, -0.2) is 0 Å². The number of carbonyl (C=O) groups is 1. The van der Waals surface area contributed by atoms with Crippen LogP contribution < -0.4 is 0 Å². The quantitative estimate of drug-likeness (QED) is 0.695. The molecule has 0 aliphatic carbocycles. The number of hydrogen-bond donors (Lipinski definition) is 0. The molecule has 1 unspecified atom stereocenters. The third-order valence-electron chi connectivity index (χ3n) is 2.45. The van der Waals surface area contributed by atoms with Crippen molar-refractivity contribution in [3.8, 4) is 0 Å². The lowest BCUT2D eigenvalue weighted by Crippen LogP contribution is -2.29. The second-order valence-corrected chi connectivity index (χ2v) is 4.07. The maximum Gasteiger partial charge on any atom is 0.194 e. The van der Waals surface area contributed by atoms with Gasteiger partial charge in [0.25, 0.3) is 0 Å². The van der Waals surface area contributed by atoms with Gasteiger partial charge >= 0.3 is 0 Å². The van der Waals surface area contributed by atoms with Crippen LogP contribution in [0.3, 0.4) is 0 Å². The molecular formula is C12H20N2O2. The predicted octanol–water partition coefficient (Wildman–Crippen LogP) is 2.15. The summed E-state index contributed by atoms with van der Waals surface area (Å²) in [5.41, 5.74) is 0.633. The molecule has 0 saturated heterocycles. The van der Waals surface area contributed by atoms with E-state index in [1.165, 1.54) is 0 Å². The van der Waals surface area contributed by atoms with Gasteiger partial charge in [0, 0.05) is 19.3 Å². The zero-order valence-corrected chi connectivity index (χ0v) is 10.4. The molecule has 0 N–H and O–H groups in total. The lowest BCUT2D eigenvalue weighted by atomic mass is 9.99. The Morgan fingerprint density at radius 2 is 2.19 bits per heavy atom. The Hall–Kier alpha value is -1.16. The molecule has 0 aliphatic heterocycles. The van der Waals surface area contributed by atoms with Gasteiger partial charge in [-0.2, -0.15) is 5.10 Å². The fraction of sp³-hybridized carbons (Fsp3) is 0.667. The minimum Gasteiger partial charge on any atom is -0.370 e. The fourth-order valence-electron chi connectivity index (χ4n) is 1.58. The molecule has 0 aliphatic rings. The van der Waals surface area contributed by atoms with Crippen molar-refractivity contribution < 1.29 is 9.53 Å². The number of carbonyl (C=O) groups excluding carboxylic acids is 1. The average Bonchev–Trinajstić information content (AvgIpc) is 2.73. The molecule has 1 rings (SSSR count). The van der Waals surface area contributed by atoms with E-state index in [0.29, 0.717) is 12.2 Å². The zero-order chi connectivity index (χ0) is 12.1. The summed E-state index contributed by atoms with van der Waals surface area (Å²) in [7, 11) is 0. The van der Waals surface area contributed by atoms with Gasteiger partial charge in [-0.3, -0.25) is 9.48 Å². The van der Waals surface area contributed by atoms with E-state index in [9.17, 15) is 4.79 Å². The van der Waals surface area contributed by atoms with Crippen molar-refractivity contribution in [2.75, 3.05) is 6.61 Å². The fourth-order valence-corrected chi connectivity index (χ4v) is 1.58. The molecule has 1 heterocycles. The van der Waals surface area contributed by atoms with Crippen LogP contribution >= 0.6 is 0 Å². The highest BCUT2D eigenvalue weighted by Crippen LogP contribution is 2.13. The molecule has 1 aromatic heterocycles. The van der Waals surface area contributed by atoms with E-state index in [1.54, 1.807) is 17.1 Å². The third kappa shape index (κ3) is 2.92. The average molecular weight is 224 g/mol. The molecule has 0 amide bonds. The molecule has 0 bridgehead atoms. The Bertz CT molecular complexity index is 345. The highest BCUT2D eigenvalue weighted by atomic mass is 16.5. The van der Waals surface area contributed by atoms with Gasteiger partial charge in [-0.15, -0.1) is 0 Å². The lowest BCUT2D eigenvalue weighted by Gasteiger charge is -2.18. The first kappa shape index (κ1) is 12.9. The Kier molecular flexibility index (Phi) is 4.68. The van der Waals surface area contributed by atoms with Gasteiger partial charge in [0.15, 0.2) is 5.78 Å². The molecular weight excluding hydrogens is 204 g/mol. The maximum absolute atomic E-state index is 12.1. The summed E-state index contributed by atoms with van der Waals surface area (Å²) in [6.45, 7) is 9.19. The lowest BCUT2D eigenvalue weighted by molar-refractivity contribution is 0.0279. The number of rotatable bonds is 6. The Balaban J connectivity index is 2.81. The van der Waals surface area contributed by atoms with E-state index in [2.05, 4.69) is 5.10 Å². The van der Waals surface area contributed by atoms with Crippen LogP contribution in [-0.4, -0.2) is 28.3 Å². The molecule has 0 fully saturated rings. The highest BCUT2D eigenvalue weighted by molar-refractivity contribution is 5.99. The molecule has 4 heteroatoms. The van der Waals surface area contributed by atoms with Gasteiger partial charge in [0.05, 0.1) is 11.8 Å². The second kappa shape index (κ2) is 5.80. The standard InChI is InChI=1S/C12H20N2O2/c1-5-14-8-10(7-13-14)11(15)12(9(3)4)16-6-2/h7-9,12H,5-6H2,1-4H3. The number of Topliss-reactive ketones (excluding diaryl/α,β-unsaturated/α-hetero) is 1. The van der Waals surface area contributed by atoms with E-state index in [0.717, 1.165) is 6.54 Å². The van der Waals surface area contributed by atoms with E-state index in [-0.39, 0.29) is 17.8 Å². The molecule has 16 heavy (non-hydrogen) atoms. The van der Waals surface area contributed by atoms with Gasteiger partial charge in [-0.05, 0) is 19.8 Å². The van der Waals surface area contributed by atoms with E-state index in [1.807, 2.05) is 27.7 Å². The van der Waals surface area contributed by atoms with Crippen molar-refractivity contribution in [1.29, 1.82) is 0 Å². The van der Waals surface area contributed by atoms with Crippen molar-refractivity contribution in [1.82, 2.24) is 9.78 Å². The number of hydrogen-bond acceptors (Lipinski definition) is 3. The van der Waals surface area contributed by atoms with Crippen LogP contribution in [0.1, 0.15) is 38.1 Å². The Morgan fingerprint density at radius 3 is 2.62 bits per heavy atom. The molecule has 1 aromatic rings. The zero-order valence-electron chi connectivity index (χ0n) is 10.4. The van der Waals surface area contributed by atoms with Crippen molar-refractivity contribution in [2.24, 2.45) is 5.92 Å². The number of aromatic nitrogens is 2. The van der Waals surface area contributed by atoms with E-state index >= 15 is 0 Å². The van der Waals surface area contributed by atoms with Crippen LogP contribution in [0.4, 0.5) is 0 Å². The number of nitrogens with zero attached hydrogens (tertiary/aromatic N) is 2. The van der Waals surface area contributed by atoms with Gasteiger partial charge in [0.1, 0.15) is 6.10 Å². The van der Waals surface area contributed by atoms with Gasteiger partial charge in [0.2, 0.25) is 0 Å². The van der Waals surface area contributed by atoms with Crippen LogP contribution in [0, 0.1) is 5.92 Å². The molecule has 1 atom stereocenters. The van der Waals surface area contributed by atoms with Gasteiger partial charge < -0.3 is 4.74 Å².